The SMILES string of the molecule is O=C(O)c1cn(CC(=O)N2CCOC(c3ccc(F)cc3)C2)nn1. The monoisotopic (exact) mass is 334 g/mol. The van der Waals surface area contributed by atoms with Crippen LogP contribution in [0.1, 0.15) is 22.2 Å². The standard InChI is InChI=1S/C15H15FN4O4/c16-11-3-1-10(2-4-11)13-8-19(5-6-24-13)14(21)9-20-7-12(15(22)23)17-18-20/h1-4,7,13H,5-6,8-9H2,(H,22,23). The van der Waals surface area contributed by atoms with Gasteiger partial charge >= 0.3 is 5.97 Å². The molecule has 0 aliphatic carbocycles. The number of carboxylic acids is 1. The van der Waals surface area contributed by atoms with E-state index in [0.717, 1.165) is 5.56 Å². The minimum absolute atomic E-state index is 0.101. The maximum Gasteiger partial charge on any atom is 0.358 e. The number of carbonyl (C=O) groups is 2. The van der Waals surface area contributed by atoms with E-state index >= 15 is 0 Å². The first-order valence-corrected chi connectivity index (χ1v) is 7.31. The summed E-state index contributed by atoms with van der Waals surface area (Å²) in [5, 5.41) is 15.9. The molecule has 8 nitrogen and oxygen atoms in total. The summed E-state index contributed by atoms with van der Waals surface area (Å²) in [6.45, 7) is 1.03. The molecule has 24 heavy (non-hydrogen) atoms. The fourth-order valence-electron chi connectivity index (χ4n) is 2.47. The van der Waals surface area contributed by atoms with Gasteiger partial charge in [0.25, 0.3) is 0 Å². The lowest BCUT2D eigenvalue weighted by molar-refractivity contribution is -0.139. The zero-order valence-electron chi connectivity index (χ0n) is 12.6. The number of morpholine rings is 1. The fourth-order valence-corrected chi connectivity index (χ4v) is 2.47. The third-order valence-electron chi connectivity index (χ3n) is 3.72. The van der Waals surface area contributed by atoms with E-state index in [-0.39, 0.29) is 30.1 Å². The first-order valence-electron chi connectivity index (χ1n) is 7.31. The molecule has 0 saturated carbocycles. The number of benzene rings is 1. The smallest absolute Gasteiger partial charge is 0.358 e. The van der Waals surface area contributed by atoms with Gasteiger partial charge in [0.2, 0.25) is 5.91 Å². The van der Waals surface area contributed by atoms with Crippen LogP contribution in [0.5, 0.6) is 0 Å². The van der Waals surface area contributed by atoms with E-state index in [2.05, 4.69) is 10.3 Å². The van der Waals surface area contributed by atoms with Crippen molar-refractivity contribution in [3.8, 4) is 0 Å². The second-order valence-electron chi connectivity index (χ2n) is 5.36. The number of hydrogen-bond donors (Lipinski definition) is 1. The van der Waals surface area contributed by atoms with Gasteiger partial charge in [-0.3, -0.25) is 4.79 Å². The molecule has 1 unspecified atom stereocenters. The fraction of sp³-hybridized carbons (Fsp3) is 0.333. The minimum Gasteiger partial charge on any atom is -0.476 e. The highest BCUT2D eigenvalue weighted by molar-refractivity contribution is 5.84. The highest BCUT2D eigenvalue weighted by Crippen LogP contribution is 2.22. The molecule has 2 aromatic rings. The van der Waals surface area contributed by atoms with Gasteiger partial charge in [-0.25, -0.2) is 13.9 Å². The molecule has 1 atom stereocenters. The molecule has 1 aromatic heterocycles. The van der Waals surface area contributed by atoms with Crippen LogP contribution in [0.25, 0.3) is 0 Å². The van der Waals surface area contributed by atoms with Gasteiger partial charge in [-0.15, -0.1) is 5.10 Å². The quantitative estimate of drug-likeness (QED) is 0.885. The van der Waals surface area contributed by atoms with Crippen molar-refractivity contribution < 1.29 is 23.8 Å². The van der Waals surface area contributed by atoms with E-state index in [1.165, 1.54) is 23.0 Å². The molecule has 1 N–H and O–H groups in total. The molecule has 1 aliphatic rings. The molecule has 0 spiro atoms. The summed E-state index contributed by atoms with van der Waals surface area (Å²) in [4.78, 5) is 24.7. The highest BCUT2D eigenvalue weighted by Gasteiger charge is 2.26. The zero-order chi connectivity index (χ0) is 17.1. The lowest BCUT2D eigenvalue weighted by Gasteiger charge is -2.33. The molecule has 1 saturated heterocycles. The first kappa shape index (κ1) is 16.1. The van der Waals surface area contributed by atoms with E-state index < -0.39 is 5.97 Å². The zero-order valence-corrected chi connectivity index (χ0v) is 12.6. The number of hydrogen-bond acceptors (Lipinski definition) is 5. The van der Waals surface area contributed by atoms with Gasteiger partial charge in [0, 0.05) is 6.54 Å². The van der Waals surface area contributed by atoms with E-state index in [0.29, 0.717) is 19.7 Å². The molecule has 0 bridgehead atoms. The first-order chi connectivity index (χ1) is 11.5. The van der Waals surface area contributed by atoms with Crippen molar-refractivity contribution in [2.45, 2.75) is 12.6 Å². The summed E-state index contributed by atoms with van der Waals surface area (Å²) in [5.41, 5.74) is 0.580. The van der Waals surface area contributed by atoms with Crippen molar-refractivity contribution in [3.05, 3.63) is 47.5 Å². The average molecular weight is 334 g/mol. The minimum atomic E-state index is -1.20. The maximum absolute atomic E-state index is 13.0. The third-order valence-corrected chi connectivity index (χ3v) is 3.72. The lowest BCUT2D eigenvalue weighted by Crippen LogP contribution is -2.43. The van der Waals surface area contributed by atoms with Gasteiger partial charge in [0.1, 0.15) is 18.5 Å². The summed E-state index contributed by atoms with van der Waals surface area (Å²) >= 11 is 0. The van der Waals surface area contributed by atoms with Crippen molar-refractivity contribution in [2.24, 2.45) is 0 Å². The van der Waals surface area contributed by atoms with Crippen LogP contribution in [0.3, 0.4) is 0 Å². The molecule has 0 radical (unpaired) electrons. The molecule has 3 rings (SSSR count). The Labute approximate surface area is 136 Å². The summed E-state index contributed by atoms with van der Waals surface area (Å²) < 4.78 is 19.8. The van der Waals surface area contributed by atoms with Crippen LogP contribution in [0.2, 0.25) is 0 Å². The number of carbonyl (C=O) groups excluding carboxylic acids is 1. The van der Waals surface area contributed by atoms with Crippen LogP contribution in [0.15, 0.2) is 30.5 Å². The van der Waals surface area contributed by atoms with Crippen LogP contribution in [0, 0.1) is 5.82 Å². The van der Waals surface area contributed by atoms with Crippen molar-refractivity contribution in [2.75, 3.05) is 19.7 Å². The Kier molecular flexibility index (Phi) is 4.52. The number of carboxylic acid groups (broad SMARTS) is 1. The van der Waals surface area contributed by atoms with E-state index in [1.807, 2.05) is 0 Å². The molecular formula is C15H15FN4O4. The van der Waals surface area contributed by atoms with Gasteiger partial charge in [0.05, 0.1) is 19.3 Å². The van der Waals surface area contributed by atoms with Crippen molar-refractivity contribution >= 4 is 11.9 Å². The molecule has 9 heteroatoms. The second kappa shape index (κ2) is 6.75. The van der Waals surface area contributed by atoms with Crippen molar-refractivity contribution in [3.63, 3.8) is 0 Å². The van der Waals surface area contributed by atoms with E-state index in [1.54, 1.807) is 17.0 Å². The molecule has 126 valence electrons. The number of nitrogens with zero attached hydrogens (tertiary/aromatic N) is 4. The Morgan fingerprint density at radius 3 is 2.75 bits per heavy atom. The predicted molar refractivity (Wildman–Crippen MR) is 78.7 cm³/mol. The van der Waals surface area contributed by atoms with Crippen LogP contribution in [-0.4, -0.2) is 56.6 Å². The largest absolute Gasteiger partial charge is 0.476 e. The van der Waals surface area contributed by atoms with Crippen molar-refractivity contribution in [1.29, 1.82) is 0 Å². The Morgan fingerprint density at radius 1 is 1.33 bits per heavy atom. The van der Waals surface area contributed by atoms with Crippen LogP contribution >= 0.6 is 0 Å². The van der Waals surface area contributed by atoms with Crippen LogP contribution in [-0.2, 0) is 16.1 Å². The Balaban J connectivity index is 1.64. The molecule has 2 heterocycles. The highest BCUT2D eigenvalue weighted by atomic mass is 19.1. The summed E-state index contributed by atoms with van der Waals surface area (Å²) in [6.07, 6.45) is 0.881. The van der Waals surface area contributed by atoms with Gasteiger partial charge in [-0.05, 0) is 17.7 Å². The number of amides is 1. The second-order valence-corrected chi connectivity index (χ2v) is 5.36. The normalized spacial score (nSPS) is 17.7. The number of ether oxygens (including phenoxy) is 1. The molecule has 1 aliphatic heterocycles. The van der Waals surface area contributed by atoms with Crippen LogP contribution in [0.4, 0.5) is 4.39 Å². The Bertz CT molecular complexity index is 746. The average Bonchev–Trinajstić information content (AvgIpc) is 3.04. The topological polar surface area (TPSA) is 97.5 Å². The third kappa shape index (κ3) is 3.57. The Hall–Kier alpha value is -2.81. The summed E-state index contributed by atoms with van der Waals surface area (Å²) in [6, 6.07) is 5.96. The number of halogens is 1. The number of rotatable bonds is 4. The Morgan fingerprint density at radius 2 is 2.08 bits per heavy atom. The molecule has 1 aromatic carbocycles. The van der Waals surface area contributed by atoms with E-state index in [4.69, 9.17) is 9.84 Å². The lowest BCUT2D eigenvalue weighted by atomic mass is 10.1. The van der Waals surface area contributed by atoms with Gasteiger partial charge in [-0.1, -0.05) is 17.3 Å². The molecular weight excluding hydrogens is 319 g/mol. The molecule has 1 fully saturated rings. The molecule has 1 amide bonds. The summed E-state index contributed by atoms with van der Waals surface area (Å²) in [7, 11) is 0. The summed E-state index contributed by atoms with van der Waals surface area (Å²) in [5.74, 6) is -1.74. The van der Waals surface area contributed by atoms with Gasteiger partial charge in [0.15, 0.2) is 5.69 Å². The predicted octanol–water partition coefficient (Wildman–Crippen LogP) is 0.715. The number of aromatic nitrogens is 3. The number of aromatic carboxylic acids is 1. The van der Waals surface area contributed by atoms with Crippen LogP contribution < -0.4 is 0 Å². The maximum atomic E-state index is 13.0. The van der Waals surface area contributed by atoms with Gasteiger partial charge < -0.3 is 14.7 Å². The van der Waals surface area contributed by atoms with Crippen molar-refractivity contribution in [1.82, 2.24) is 19.9 Å². The van der Waals surface area contributed by atoms with E-state index in [9.17, 15) is 14.0 Å². The van der Waals surface area contributed by atoms with Gasteiger partial charge in [-0.2, -0.15) is 0 Å².